The number of sulfonamides is 1. The third-order valence-electron chi connectivity index (χ3n) is 5.68. The zero-order valence-corrected chi connectivity index (χ0v) is 18.5. The van der Waals surface area contributed by atoms with Crippen LogP contribution < -0.4 is 5.32 Å². The van der Waals surface area contributed by atoms with E-state index in [2.05, 4.69) is 22.3 Å². The first-order chi connectivity index (χ1) is 14.4. The lowest BCUT2D eigenvalue weighted by molar-refractivity contribution is -0.127. The van der Waals surface area contributed by atoms with Crippen LogP contribution in [-0.4, -0.2) is 61.8 Å². The van der Waals surface area contributed by atoms with E-state index in [0.29, 0.717) is 31.1 Å². The minimum Gasteiger partial charge on any atom is -0.352 e. The maximum absolute atomic E-state index is 12.8. The molecule has 2 atom stereocenters. The van der Waals surface area contributed by atoms with Gasteiger partial charge in [-0.2, -0.15) is 4.31 Å². The quantitative estimate of drug-likeness (QED) is 0.700. The van der Waals surface area contributed by atoms with Gasteiger partial charge in [0.2, 0.25) is 15.9 Å². The van der Waals surface area contributed by atoms with Gasteiger partial charge in [0.05, 0.1) is 10.9 Å². The van der Waals surface area contributed by atoms with Crippen LogP contribution in [0.25, 0.3) is 0 Å². The Morgan fingerprint density at radius 3 is 2.10 bits per heavy atom. The van der Waals surface area contributed by atoms with E-state index in [-0.39, 0.29) is 18.0 Å². The van der Waals surface area contributed by atoms with Gasteiger partial charge in [0.25, 0.3) is 0 Å². The van der Waals surface area contributed by atoms with Crippen LogP contribution in [0.15, 0.2) is 65.6 Å². The summed E-state index contributed by atoms with van der Waals surface area (Å²) < 4.78 is 27.0. The fourth-order valence-electron chi connectivity index (χ4n) is 3.70. The van der Waals surface area contributed by atoms with Crippen LogP contribution >= 0.6 is 0 Å². The average molecular weight is 430 g/mol. The molecule has 1 fully saturated rings. The average Bonchev–Trinajstić information content (AvgIpc) is 2.78. The molecule has 1 aliphatic heterocycles. The predicted octanol–water partition coefficient (Wildman–Crippen LogP) is 2.52. The number of carbonyl (C=O) groups is 1. The highest BCUT2D eigenvalue weighted by Crippen LogP contribution is 2.18. The second-order valence-electron chi connectivity index (χ2n) is 7.86. The van der Waals surface area contributed by atoms with Crippen molar-refractivity contribution in [2.75, 3.05) is 26.2 Å². The van der Waals surface area contributed by atoms with E-state index in [1.165, 1.54) is 9.87 Å². The maximum atomic E-state index is 12.8. The van der Waals surface area contributed by atoms with Gasteiger partial charge in [-0.25, -0.2) is 8.42 Å². The molecule has 1 aliphatic rings. The first-order valence-corrected chi connectivity index (χ1v) is 12.0. The van der Waals surface area contributed by atoms with Crippen molar-refractivity contribution in [3.63, 3.8) is 0 Å². The Kier molecular flexibility index (Phi) is 7.64. The van der Waals surface area contributed by atoms with E-state index in [9.17, 15) is 13.2 Å². The van der Waals surface area contributed by atoms with Gasteiger partial charge in [0.15, 0.2) is 0 Å². The summed E-state index contributed by atoms with van der Waals surface area (Å²) in [7, 11) is -3.48. The Bertz CT molecular complexity index is 911. The number of nitrogens with zero attached hydrogens (tertiary/aromatic N) is 2. The first kappa shape index (κ1) is 22.5. The summed E-state index contributed by atoms with van der Waals surface area (Å²) in [6.45, 7) is 5.77. The second kappa shape index (κ2) is 10.2. The number of amides is 1. The monoisotopic (exact) mass is 429 g/mol. The molecule has 7 heteroatoms. The third-order valence-corrected chi connectivity index (χ3v) is 7.59. The Hall–Kier alpha value is -2.22. The zero-order valence-electron chi connectivity index (χ0n) is 17.7. The van der Waals surface area contributed by atoms with Crippen molar-refractivity contribution in [3.8, 4) is 0 Å². The van der Waals surface area contributed by atoms with E-state index in [1.807, 2.05) is 32.0 Å². The van der Waals surface area contributed by atoms with E-state index < -0.39 is 10.0 Å². The van der Waals surface area contributed by atoms with Gasteiger partial charge in [-0.3, -0.25) is 9.69 Å². The predicted molar refractivity (Wildman–Crippen MR) is 119 cm³/mol. The standard InChI is InChI=1S/C23H31N3O3S/c1-19(13-14-21-9-5-3-6-10-21)24-23(27)20(2)25-15-17-26(18-16-25)30(28,29)22-11-7-4-8-12-22/h3-12,19-20H,13-18H2,1-2H3,(H,24,27)/t19-,20+/m1/s1. The highest BCUT2D eigenvalue weighted by Gasteiger charge is 2.31. The van der Waals surface area contributed by atoms with Crippen LogP contribution in [0.2, 0.25) is 0 Å². The molecular weight excluding hydrogens is 398 g/mol. The van der Waals surface area contributed by atoms with Gasteiger partial charge in [-0.1, -0.05) is 48.5 Å². The molecule has 1 amide bonds. The molecule has 0 bridgehead atoms. The number of hydrogen-bond donors (Lipinski definition) is 1. The fraction of sp³-hybridized carbons (Fsp3) is 0.435. The van der Waals surface area contributed by atoms with Crippen molar-refractivity contribution in [3.05, 3.63) is 66.2 Å². The summed E-state index contributed by atoms with van der Waals surface area (Å²) in [6, 6.07) is 18.5. The molecule has 0 aliphatic carbocycles. The van der Waals surface area contributed by atoms with Crippen molar-refractivity contribution < 1.29 is 13.2 Å². The molecule has 6 nitrogen and oxygen atoms in total. The SMILES string of the molecule is C[C@H](CCc1ccccc1)NC(=O)[C@H](C)N1CCN(S(=O)(=O)c2ccccc2)CC1. The summed E-state index contributed by atoms with van der Waals surface area (Å²) in [5, 5.41) is 3.10. The van der Waals surface area contributed by atoms with Crippen molar-refractivity contribution in [2.45, 2.75) is 43.7 Å². The molecule has 0 spiro atoms. The summed E-state index contributed by atoms with van der Waals surface area (Å²) in [5.74, 6) is -0.00470. The molecule has 2 aromatic rings. The fourth-order valence-corrected chi connectivity index (χ4v) is 5.15. The zero-order chi connectivity index (χ0) is 21.6. The Balaban J connectivity index is 1.47. The van der Waals surface area contributed by atoms with Crippen LogP contribution in [0, 0.1) is 0 Å². The van der Waals surface area contributed by atoms with Crippen molar-refractivity contribution in [2.24, 2.45) is 0 Å². The van der Waals surface area contributed by atoms with Gasteiger partial charge in [0, 0.05) is 32.2 Å². The van der Waals surface area contributed by atoms with Crippen molar-refractivity contribution in [1.29, 1.82) is 0 Å². The number of hydrogen-bond acceptors (Lipinski definition) is 4. The summed E-state index contributed by atoms with van der Waals surface area (Å²) in [6.07, 6.45) is 1.80. The highest BCUT2D eigenvalue weighted by molar-refractivity contribution is 7.89. The maximum Gasteiger partial charge on any atom is 0.243 e. The molecular formula is C23H31N3O3S. The van der Waals surface area contributed by atoms with Gasteiger partial charge < -0.3 is 5.32 Å². The molecule has 3 rings (SSSR count). The van der Waals surface area contributed by atoms with Crippen LogP contribution in [0.5, 0.6) is 0 Å². The minimum absolute atomic E-state index is 0.00470. The lowest BCUT2D eigenvalue weighted by atomic mass is 10.1. The molecule has 0 unspecified atom stereocenters. The van der Waals surface area contributed by atoms with E-state index in [0.717, 1.165) is 12.8 Å². The molecule has 0 radical (unpaired) electrons. The van der Waals surface area contributed by atoms with Gasteiger partial charge in [0.1, 0.15) is 0 Å². The summed E-state index contributed by atoms with van der Waals surface area (Å²) >= 11 is 0. The Labute approximate surface area is 179 Å². The van der Waals surface area contributed by atoms with Gasteiger partial charge >= 0.3 is 0 Å². The van der Waals surface area contributed by atoms with Crippen molar-refractivity contribution >= 4 is 15.9 Å². The highest BCUT2D eigenvalue weighted by atomic mass is 32.2. The van der Waals surface area contributed by atoms with Gasteiger partial charge in [-0.05, 0) is 44.4 Å². The molecule has 30 heavy (non-hydrogen) atoms. The van der Waals surface area contributed by atoms with E-state index >= 15 is 0 Å². The molecule has 2 aromatic carbocycles. The molecule has 1 heterocycles. The number of benzene rings is 2. The second-order valence-corrected chi connectivity index (χ2v) is 9.80. The van der Waals surface area contributed by atoms with Crippen LogP contribution in [-0.2, 0) is 21.2 Å². The van der Waals surface area contributed by atoms with E-state index in [1.54, 1.807) is 30.3 Å². The Morgan fingerprint density at radius 2 is 1.50 bits per heavy atom. The minimum atomic E-state index is -3.48. The number of nitrogens with one attached hydrogen (secondary N) is 1. The largest absolute Gasteiger partial charge is 0.352 e. The van der Waals surface area contributed by atoms with Crippen LogP contribution in [0.1, 0.15) is 25.8 Å². The normalized spacial score (nSPS) is 17.9. The number of rotatable bonds is 8. The number of piperazine rings is 1. The lowest BCUT2D eigenvalue weighted by Gasteiger charge is -2.37. The lowest BCUT2D eigenvalue weighted by Crippen LogP contribution is -2.55. The summed E-state index contributed by atoms with van der Waals surface area (Å²) in [4.78, 5) is 15.0. The van der Waals surface area contributed by atoms with Crippen LogP contribution in [0.3, 0.4) is 0 Å². The third kappa shape index (κ3) is 5.68. The Morgan fingerprint density at radius 1 is 0.933 bits per heavy atom. The molecule has 162 valence electrons. The van der Waals surface area contributed by atoms with E-state index in [4.69, 9.17) is 0 Å². The molecule has 1 N–H and O–H groups in total. The van der Waals surface area contributed by atoms with Gasteiger partial charge in [-0.15, -0.1) is 0 Å². The molecule has 0 saturated carbocycles. The molecule has 0 aromatic heterocycles. The molecule has 1 saturated heterocycles. The van der Waals surface area contributed by atoms with Crippen molar-refractivity contribution in [1.82, 2.24) is 14.5 Å². The van der Waals surface area contributed by atoms with Crippen LogP contribution in [0.4, 0.5) is 0 Å². The first-order valence-electron chi connectivity index (χ1n) is 10.5. The number of carbonyl (C=O) groups excluding carboxylic acids is 1. The number of aryl methyl sites for hydroxylation is 1. The summed E-state index contributed by atoms with van der Waals surface area (Å²) in [5.41, 5.74) is 1.27. The topological polar surface area (TPSA) is 69.7 Å². The smallest absolute Gasteiger partial charge is 0.243 e.